The van der Waals surface area contributed by atoms with Crippen molar-refractivity contribution in [2.75, 3.05) is 6.61 Å². The van der Waals surface area contributed by atoms with Gasteiger partial charge in [-0.3, -0.25) is 5.41 Å². The highest BCUT2D eigenvalue weighted by atomic mass is 35.5. The van der Waals surface area contributed by atoms with Gasteiger partial charge in [0.15, 0.2) is 11.6 Å². The lowest BCUT2D eigenvalue weighted by atomic mass is 10.3. The van der Waals surface area contributed by atoms with Gasteiger partial charge in [-0.1, -0.05) is 17.7 Å². The van der Waals surface area contributed by atoms with Gasteiger partial charge in [0.05, 0.1) is 5.02 Å². The van der Waals surface area contributed by atoms with Crippen LogP contribution in [0, 0.1) is 11.2 Å². The van der Waals surface area contributed by atoms with E-state index in [1.165, 1.54) is 18.2 Å². The van der Waals surface area contributed by atoms with Crippen molar-refractivity contribution < 1.29 is 9.13 Å². The average molecular weight is 203 g/mol. The van der Waals surface area contributed by atoms with Crippen molar-refractivity contribution in [1.82, 2.24) is 0 Å². The zero-order valence-electron chi connectivity index (χ0n) is 6.68. The number of halogens is 2. The Morgan fingerprint density at radius 1 is 1.62 bits per heavy atom. The van der Waals surface area contributed by atoms with Crippen molar-refractivity contribution in [3.63, 3.8) is 0 Å². The van der Waals surface area contributed by atoms with Crippen LogP contribution >= 0.6 is 11.6 Å². The molecule has 1 aromatic rings. The normalized spacial score (nSPS) is 9.69. The Kier molecular flexibility index (Phi) is 3.08. The van der Waals surface area contributed by atoms with E-state index in [1.54, 1.807) is 0 Å². The van der Waals surface area contributed by atoms with E-state index in [0.717, 1.165) is 0 Å². The van der Waals surface area contributed by atoms with Crippen molar-refractivity contribution in [2.24, 2.45) is 5.73 Å². The van der Waals surface area contributed by atoms with Crippen LogP contribution < -0.4 is 10.5 Å². The fourth-order valence-electron chi connectivity index (χ4n) is 0.770. The maximum atomic E-state index is 13.0. The van der Waals surface area contributed by atoms with Crippen molar-refractivity contribution in [1.29, 1.82) is 5.41 Å². The molecule has 0 atom stereocenters. The predicted octanol–water partition coefficient (Wildman–Crippen LogP) is 1.79. The molecule has 13 heavy (non-hydrogen) atoms. The lowest BCUT2D eigenvalue weighted by Crippen LogP contribution is -2.19. The minimum absolute atomic E-state index is 0.0700. The fraction of sp³-hybridized carbons (Fsp3) is 0.125. The summed E-state index contributed by atoms with van der Waals surface area (Å²) >= 11 is 5.64. The molecule has 0 fully saturated rings. The van der Waals surface area contributed by atoms with Gasteiger partial charge < -0.3 is 10.5 Å². The summed E-state index contributed by atoms with van der Waals surface area (Å²) in [7, 11) is 0. The molecule has 1 rings (SSSR count). The molecule has 0 radical (unpaired) electrons. The Balaban J connectivity index is 2.81. The summed E-state index contributed by atoms with van der Waals surface area (Å²) in [6.45, 7) is -0.166. The van der Waals surface area contributed by atoms with Gasteiger partial charge in [-0.2, -0.15) is 0 Å². The monoisotopic (exact) mass is 202 g/mol. The molecule has 3 nitrogen and oxygen atoms in total. The van der Waals surface area contributed by atoms with Crippen LogP contribution in [0.15, 0.2) is 18.2 Å². The number of ether oxygens (including phenoxy) is 1. The first-order valence-electron chi connectivity index (χ1n) is 3.51. The van der Waals surface area contributed by atoms with Gasteiger partial charge >= 0.3 is 0 Å². The molecule has 0 amide bonds. The van der Waals surface area contributed by atoms with E-state index in [2.05, 4.69) is 0 Å². The second-order valence-electron chi connectivity index (χ2n) is 2.36. The maximum Gasteiger partial charge on any atom is 0.174 e. The Morgan fingerprint density at radius 2 is 2.31 bits per heavy atom. The number of rotatable bonds is 3. The van der Waals surface area contributed by atoms with Gasteiger partial charge in [-0.05, 0) is 12.1 Å². The van der Waals surface area contributed by atoms with Gasteiger partial charge in [0.2, 0.25) is 0 Å². The number of amidine groups is 1. The molecule has 1 aromatic carbocycles. The van der Waals surface area contributed by atoms with Gasteiger partial charge in [-0.25, -0.2) is 4.39 Å². The van der Waals surface area contributed by atoms with E-state index >= 15 is 0 Å². The zero-order valence-corrected chi connectivity index (χ0v) is 7.44. The van der Waals surface area contributed by atoms with Gasteiger partial charge in [0.1, 0.15) is 12.4 Å². The summed E-state index contributed by atoms with van der Waals surface area (Å²) in [5.41, 5.74) is 5.03. The standard InChI is InChI=1S/C8H8ClFN2O/c9-5-2-1-3-6(10)8(5)13-4-7(11)12/h1-3H,4H2,(H3,11,12). The second kappa shape index (κ2) is 4.09. The molecular formula is C8H8ClFN2O. The smallest absolute Gasteiger partial charge is 0.174 e. The molecular weight excluding hydrogens is 195 g/mol. The van der Waals surface area contributed by atoms with Crippen LogP contribution in [0.4, 0.5) is 4.39 Å². The third-order valence-electron chi connectivity index (χ3n) is 1.29. The molecule has 70 valence electrons. The largest absolute Gasteiger partial charge is 0.481 e. The van der Waals surface area contributed by atoms with Crippen LogP contribution in [0.2, 0.25) is 5.02 Å². The van der Waals surface area contributed by atoms with Crippen molar-refractivity contribution >= 4 is 17.4 Å². The molecule has 0 saturated carbocycles. The molecule has 0 aliphatic carbocycles. The topological polar surface area (TPSA) is 59.1 Å². The van der Waals surface area contributed by atoms with Crippen molar-refractivity contribution in [3.8, 4) is 5.75 Å². The van der Waals surface area contributed by atoms with E-state index in [0.29, 0.717) is 0 Å². The molecule has 0 heterocycles. The number of hydrogen-bond acceptors (Lipinski definition) is 2. The summed E-state index contributed by atoms with van der Waals surface area (Å²) in [4.78, 5) is 0. The molecule has 0 spiro atoms. The Morgan fingerprint density at radius 3 is 2.85 bits per heavy atom. The highest BCUT2D eigenvalue weighted by Crippen LogP contribution is 2.26. The molecule has 0 unspecified atom stereocenters. The van der Waals surface area contributed by atoms with Crippen LogP contribution in [0.25, 0.3) is 0 Å². The number of para-hydroxylation sites is 1. The summed E-state index contributed by atoms with van der Waals surface area (Å²) < 4.78 is 17.9. The number of nitrogens with one attached hydrogen (secondary N) is 1. The highest BCUT2D eigenvalue weighted by Gasteiger charge is 2.07. The summed E-state index contributed by atoms with van der Waals surface area (Å²) in [6, 6.07) is 4.19. The van der Waals surface area contributed by atoms with E-state index < -0.39 is 5.82 Å². The minimum atomic E-state index is -0.561. The van der Waals surface area contributed by atoms with E-state index in [4.69, 9.17) is 27.5 Å². The third-order valence-corrected chi connectivity index (χ3v) is 1.59. The van der Waals surface area contributed by atoms with E-state index in [1.807, 2.05) is 0 Å². The third kappa shape index (κ3) is 2.59. The molecule has 0 bridgehead atoms. The SMILES string of the molecule is N=C(N)COc1c(F)cccc1Cl. The van der Waals surface area contributed by atoms with Gasteiger partial charge in [0, 0.05) is 0 Å². The summed E-state index contributed by atoms with van der Waals surface area (Å²) in [5, 5.41) is 7.04. The van der Waals surface area contributed by atoms with E-state index in [9.17, 15) is 4.39 Å². The van der Waals surface area contributed by atoms with E-state index in [-0.39, 0.29) is 23.2 Å². The number of benzene rings is 1. The van der Waals surface area contributed by atoms with Crippen LogP contribution in [-0.2, 0) is 0 Å². The fourth-order valence-corrected chi connectivity index (χ4v) is 0.988. The zero-order chi connectivity index (χ0) is 9.84. The second-order valence-corrected chi connectivity index (χ2v) is 2.77. The van der Waals surface area contributed by atoms with Crippen LogP contribution in [0.1, 0.15) is 0 Å². The number of hydrogen-bond donors (Lipinski definition) is 2. The summed E-state index contributed by atoms with van der Waals surface area (Å²) in [5.74, 6) is -0.813. The van der Waals surface area contributed by atoms with Crippen LogP contribution in [-0.4, -0.2) is 12.4 Å². The van der Waals surface area contributed by atoms with Crippen molar-refractivity contribution in [3.05, 3.63) is 29.0 Å². The van der Waals surface area contributed by atoms with Gasteiger partial charge in [0.25, 0.3) is 0 Å². The predicted molar refractivity (Wildman–Crippen MR) is 48.8 cm³/mol. The lowest BCUT2D eigenvalue weighted by molar-refractivity contribution is 0.352. The summed E-state index contributed by atoms with van der Waals surface area (Å²) in [6.07, 6.45) is 0. The highest BCUT2D eigenvalue weighted by molar-refractivity contribution is 6.32. The average Bonchev–Trinajstić information content (AvgIpc) is 2.03. The number of nitrogens with two attached hydrogens (primary N) is 1. The Bertz CT molecular complexity index is 310. The first kappa shape index (κ1) is 9.80. The lowest BCUT2D eigenvalue weighted by Gasteiger charge is -2.06. The molecule has 0 saturated heterocycles. The molecule has 3 N–H and O–H groups in total. The quantitative estimate of drug-likeness (QED) is 0.580. The molecule has 0 aliphatic heterocycles. The first-order chi connectivity index (χ1) is 6.11. The van der Waals surface area contributed by atoms with Crippen LogP contribution in [0.5, 0.6) is 5.75 Å². The minimum Gasteiger partial charge on any atom is -0.481 e. The van der Waals surface area contributed by atoms with Crippen LogP contribution in [0.3, 0.4) is 0 Å². The molecule has 5 heteroatoms. The van der Waals surface area contributed by atoms with Crippen molar-refractivity contribution in [2.45, 2.75) is 0 Å². The molecule has 0 aromatic heterocycles. The molecule has 0 aliphatic rings. The Hall–Kier alpha value is -1.29. The Labute approximate surface area is 79.8 Å². The maximum absolute atomic E-state index is 13.0. The van der Waals surface area contributed by atoms with Gasteiger partial charge in [-0.15, -0.1) is 0 Å². The first-order valence-corrected chi connectivity index (χ1v) is 3.88.